The molecule has 2 aromatic rings. The van der Waals surface area contributed by atoms with E-state index in [0.717, 1.165) is 13.2 Å². The van der Waals surface area contributed by atoms with Crippen molar-refractivity contribution in [3.63, 3.8) is 0 Å². The lowest BCUT2D eigenvalue weighted by Gasteiger charge is -2.18. The molecule has 0 aromatic heterocycles. The van der Waals surface area contributed by atoms with Crippen LogP contribution in [0.25, 0.3) is 10.8 Å². The third-order valence-electron chi connectivity index (χ3n) is 4.09. The molecule has 0 aliphatic rings. The van der Waals surface area contributed by atoms with Crippen molar-refractivity contribution in [1.82, 2.24) is 5.32 Å². The first-order valence-electron chi connectivity index (χ1n) is 8.09. The van der Waals surface area contributed by atoms with Crippen LogP contribution in [-0.4, -0.2) is 41.2 Å². The fourth-order valence-corrected chi connectivity index (χ4v) is 3.33. The first kappa shape index (κ1) is 22.5. The number of rotatable bonds is 7. The predicted octanol–water partition coefficient (Wildman–Crippen LogP) is 3.68. The molecule has 156 valence electrons. The van der Waals surface area contributed by atoms with Crippen molar-refractivity contribution < 1.29 is 42.5 Å². The molecule has 11 heteroatoms. The number of carboxylic acid groups (broad SMARTS) is 2. The smallest absolute Gasteiger partial charge is 0.420 e. The molecule has 0 fully saturated rings. The molecule has 0 bridgehead atoms. The number of carbonyl (C=O) groups is 3. The number of ether oxygens (including phenoxy) is 1. The number of aliphatic carboxylic acids is 2. The number of nitrogens with one attached hydrogen (secondary N) is 1. The van der Waals surface area contributed by atoms with Crippen molar-refractivity contribution in [1.29, 1.82) is 0 Å². The van der Waals surface area contributed by atoms with Gasteiger partial charge in [0.1, 0.15) is 17.4 Å². The maximum absolute atomic E-state index is 13.6. The SMILES string of the molecule is COc1ccc2c(C(=O)NC(CCC(=O)O)C(=O)O)c(Br)ccc2c1C(F)(F)F. The number of halogens is 4. The zero-order valence-corrected chi connectivity index (χ0v) is 16.4. The quantitative estimate of drug-likeness (QED) is 0.560. The average Bonchev–Trinajstić information content (AvgIpc) is 2.62. The number of benzene rings is 2. The zero-order valence-electron chi connectivity index (χ0n) is 14.8. The Bertz CT molecular complexity index is 976. The number of alkyl halides is 3. The Kier molecular flexibility index (Phi) is 6.73. The Morgan fingerprint density at radius 2 is 1.76 bits per heavy atom. The summed E-state index contributed by atoms with van der Waals surface area (Å²) in [6.07, 6.45) is -5.67. The second-order valence-corrected chi connectivity index (χ2v) is 6.81. The number of methoxy groups -OCH3 is 1. The largest absolute Gasteiger partial charge is 0.496 e. The molecule has 0 aliphatic carbocycles. The first-order chi connectivity index (χ1) is 13.5. The Morgan fingerprint density at radius 1 is 1.14 bits per heavy atom. The van der Waals surface area contributed by atoms with Crippen molar-refractivity contribution in [3.8, 4) is 5.75 Å². The van der Waals surface area contributed by atoms with E-state index in [1.54, 1.807) is 0 Å². The van der Waals surface area contributed by atoms with Crippen LogP contribution >= 0.6 is 15.9 Å². The Balaban J connectivity index is 2.57. The van der Waals surface area contributed by atoms with Gasteiger partial charge in [-0.25, -0.2) is 4.79 Å². The minimum atomic E-state index is -4.77. The number of hydrogen-bond donors (Lipinski definition) is 3. The van der Waals surface area contributed by atoms with Crippen LogP contribution in [0.3, 0.4) is 0 Å². The summed E-state index contributed by atoms with van der Waals surface area (Å²) in [6.45, 7) is 0. The lowest BCUT2D eigenvalue weighted by molar-refractivity contribution is -0.141. The summed E-state index contributed by atoms with van der Waals surface area (Å²) in [5.41, 5.74) is -1.28. The van der Waals surface area contributed by atoms with E-state index >= 15 is 0 Å². The molecule has 1 atom stereocenters. The highest BCUT2D eigenvalue weighted by molar-refractivity contribution is 9.10. The fourth-order valence-electron chi connectivity index (χ4n) is 2.81. The van der Waals surface area contributed by atoms with Crippen LogP contribution in [0.4, 0.5) is 13.2 Å². The topological polar surface area (TPSA) is 113 Å². The highest BCUT2D eigenvalue weighted by atomic mass is 79.9. The van der Waals surface area contributed by atoms with Gasteiger partial charge in [0.2, 0.25) is 0 Å². The summed E-state index contributed by atoms with van der Waals surface area (Å²) in [6, 6.07) is 3.20. The van der Waals surface area contributed by atoms with Gasteiger partial charge in [-0.3, -0.25) is 9.59 Å². The number of fused-ring (bicyclic) bond motifs is 1. The molecular weight excluding hydrogens is 463 g/mol. The molecule has 2 aromatic carbocycles. The molecule has 0 radical (unpaired) electrons. The highest BCUT2D eigenvalue weighted by Gasteiger charge is 2.37. The molecule has 7 nitrogen and oxygen atoms in total. The van der Waals surface area contributed by atoms with Gasteiger partial charge in [-0.1, -0.05) is 6.07 Å². The molecule has 0 saturated heterocycles. The van der Waals surface area contributed by atoms with Gasteiger partial charge in [-0.15, -0.1) is 0 Å². The molecule has 0 heterocycles. The molecular formula is C18H15BrF3NO6. The van der Waals surface area contributed by atoms with E-state index in [9.17, 15) is 32.7 Å². The van der Waals surface area contributed by atoms with Gasteiger partial charge in [-0.05, 0) is 51.3 Å². The Hall–Kier alpha value is -2.82. The van der Waals surface area contributed by atoms with Crippen LogP contribution in [0.15, 0.2) is 28.7 Å². The summed E-state index contributed by atoms with van der Waals surface area (Å²) in [4.78, 5) is 34.7. The van der Waals surface area contributed by atoms with Crippen LogP contribution in [0.5, 0.6) is 5.75 Å². The number of hydrogen-bond acceptors (Lipinski definition) is 4. The summed E-state index contributed by atoms with van der Waals surface area (Å²) in [5, 5.41) is 19.7. The third-order valence-corrected chi connectivity index (χ3v) is 4.75. The summed E-state index contributed by atoms with van der Waals surface area (Å²) in [7, 11) is 1.09. The standard InChI is InChI=1S/C18H15BrF3NO6/c1-29-12-6-3-8-9(15(12)18(20,21)22)2-4-10(19)14(8)16(26)23-11(17(27)28)5-7-13(24)25/h2-4,6,11H,5,7H2,1H3,(H,23,26)(H,24,25)(H,27,28). The van der Waals surface area contributed by atoms with Crippen LogP contribution in [-0.2, 0) is 15.8 Å². The van der Waals surface area contributed by atoms with E-state index in [-0.39, 0.29) is 27.2 Å². The average molecular weight is 478 g/mol. The van der Waals surface area contributed by atoms with E-state index in [1.165, 1.54) is 18.2 Å². The van der Waals surface area contributed by atoms with Crippen LogP contribution in [0.1, 0.15) is 28.8 Å². The Labute approximate surface area is 170 Å². The molecule has 29 heavy (non-hydrogen) atoms. The minimum Gasteiger partial charge on any atom is -0.496 e. The van der Waals surface area contributed by atoms with Gasteiger partial charge in [0.25, 0.3) is 5.91 Å². The molecule has 0 spiro atoms. The number of carbonyl (C=O) groups excluding carboxylic acids is 1. The van der Waals surface area contributed by atoms with Crippen molar-refractivity contribution in [2.45, 2.75) is 25.1 Å². The third kappa shape index (κ3) is 4.97. The van der Waals surface area contributed by atoms with Crippen molar-refractivity contribution >= 4 is 44.5 Å². The van der Waals surface area contributed by atoms with Crippen molar-refractivity contribution in [2.75, 3.05) is 7.11 Å². The van der Waals surface area contributed by atoms with E-state index in [2.05, 4.69) is 21.2 Å². The second kappa shape index (κ2) is 8.68. The van der Waals surface area contributed by atoms with E-state index < -0.39 is 47.8 Å². The molecule has 3 N–H and O–H groups in total. The lowest BCUT2D eigenvalue weighted by Crippen LogP contribution is -2.41. The number of carboxylic acids is 2. The molecule has 0 aliphatic heterocycles. The van der Waals surface area contributed by atoms with Gasteiger partial charge in [0.05, 0.1) is 12.7 Å². The summed E-state index contributed by atoms with van der Waals surface area (Å²) < 4.78 is 45.6. The van der Waals surface area contributed by atoms with Gasteiger partial charge in [-0.2, -0.15) is 13.2 Å². The van der Waals surface area contributed by atoms with Gasteiger partial charge in [0.15, 0.2) is 0 Å². The first-order valence-corrected chi connectivity index (χ1v) is 8.88. The van der Waals surface area contributed by atoms with E-state index in [4.69, 9.17) is 9.84 Å². The van der Waals surface area contributed by atoms with Crippen molar-refractivity contribution in [2.24, 2.45) is 0 Å². The predicted molar refractivity (Wildman–Crippen MR) is 99.0 cm³/mol. The van der Waals surface area contributed by atoms with Crippen LogP contribution in [0, 0.1) is 0 Å². The monoisotopic (exact) mass is 477 g/mol. The maximum Gasteiger partial charge on any atom is 0.420 e. The molecule has 1 amide bonds. The lowest BCUT2D eigenvalue weighted by atomic mass is 9.98. The molecule has 1 unspecified atom stereocenters. The van der Waals surface area contributed by atoms with Gasteiger partial charge in [0, 0.05) is 10.9 Å². The maximum atomic E-state index is 13.6. The minimum absolute atomic E-state index is 0.0765. The van der Waals surface area contributed by atoms with E-state index in [1.807, 2.05) is 0 Å². The van der Waals surface area contributed by atoms with Gasteiger partial charge >= 0.3 is 18.1 Å². The normalized spacial score (nSPS) is 12.4. The highest BCUT2D eigenvalue weighted by Crippen LogP contribution is 2.42. The molecule has 2 rings (SSSR count). The summed E-state index contributed by atoms with van der Waals surface area (Å²) in [5.74, 6) is -4.10. The van der Waals surface area contributed by atoms with E-state index in [0.29, 0.717) is 0 Å². The molecule has 0 saturated carbocycles. The second-order valence-electron chi connectivity index (χ2n) is 5.95. The fraction of sp³-hybridized carbons (Fsp3) is 0.278. The van der Waals surface area contributed by atoms with Crippen LogP contribution in [0.2, 0.25) is 0 Å². The number of amides is 1. The van der Waals surface area contributed by atoms with Gasteiger partial charge < -0.3 is 20.3 Å². The van der Waals surface area contributed by atoms with Crippen LogP contribution < -0.4 is 10.1 Å². The zero-order chi connectivity index (χ0) is 21.9. The van der Waals surface area contributed by atoms with Crippen molar-refractivity contribution in [3.05, 3.63) is 39.9 Å². The Morgan fingerprint density at radius 3 is 2.28 bits per heavy atom. The summed E-state index contributed by atoms with van der Waals surface area (Å²) >= 11 is 3.10.